The highest BCUT2D eigenvalue weighted by atomic mass is 16.2. The van der Waals surface area contributed by atoms with Crippen molar-refractivity contribution in [2.45, 2.75) is 38.6 Å². The van der Waals surface area contributed by atoms with Crippen LogP contribution in [0.2, 0.25) is 0 Å². The summed E-state index contributed by atoms with van der Waals surface area (Å²) in [5.74, 6) is 0.328. The summed E-state index contributed by atoms with van der Waals surface area (Å²) in [6, 6.07) is 1.76. The smallest absolute Gasteiger partial charge is 0.332 e. The first-order chi connectivity index (χ1) is 11.8. The van der Waals surface area contributed by atoms with Crippen LogP contribution in [0.3, 0.4) is 0 Å². The third-order valence-corrected chi connectivity index (χ3v) is 5.42. The van der Waals surface area contributed by atoms with Crippen molar-refractivity contribution < 1.29 is 4.79 Å². The molecule has 1 amide bonds. The molecule has 0 N–H and O–H groups in total. The first kappa shape index (κ1) is 17.4. The standard InChI is InChI=1S/C18H24N4O3/c1-11-7-5-6-8-14(11)20(2)16(23)12-9-13-15(19-10-12)21(3)18(25)22(4)17(13)24/h9-11,14H,5-8H2,1-4H3/t11-,14+/m1/s1. The van der Waals surface area contributed by atoms with Crippen molar-refractivity contribution in [3.63, 3.8) is 0 Å². The van der Waals surface area contributed by atoms with Crippen molar-refractivity contribution in [2.75, 3.05) is 7.05 Å². The van der Waals surface area contributed by atoms with E-state index >= 15 is 0 Å². The molecule has 134 valence electrons. The van der Waals surface area contributed by atoms with Gasteiger partial charge < -0.3 is 4.90 Å². The Bertz CT molecular complexity index is 944. The fraction of sp³-hybridized carbons (Fsp3) is 0.556. The number of carbonyl (C=O) groups excluding carboxylic acids is 1. The molecule has 7 heteroatoms. The molecular formula is C18H24N4O3. The monoisotopic (exact) mass is 344 g/mol. The molecular weight excluding hydrogens is 320 g/mol. The molecule has 0 saturated heterocycles. The van der Waals surface area contributed by atoms with Gasteiger partial charge in [-0.05, 0) is 24.8 Å². The second-order valence-corrected chi connectivity index (χ2v) is 7.05. The molecule has 25 heavy (non-hydrogen) atoms. The van der Waals surface area contributed by atoms with Crippen molar-refractivity contribution >= 4 is 16.9 Å². The average Bonchev–Trinajstić information content (AvgIpc) is 2.63. The van der Waals surface area contributed by atoms with Crippen LogP contribution in [0, 0.1) is 5.92 Å². The maximum absolute atomic E-state index is 12.9. The Morgan fingerprint density at radius 1 is 1.20 bits per heavy atom. The van der Waals surface area contributed by atoms with Gasteiger partial charge in [0, 0.05) is 33.4 Å². The summed E-state index contributed by atoms with van der Waals surface area (Å²) in [6.07, 6.45) is 5.92. The average molecular weight is 344 g/mol. The summed E-state index contributed by atoms with van der Waals surface area (Å²) in [7, 11) is 4.81. The molecule has 2 heterocycles. The Hall–Kier alpha value is -2.44. The molecule has 1 fully saturated rings. The number of aryl methyl sites for hydroxylation is 1. The molecule has 0 spiro atoms. The van der Waals surface area contributed by atoms with E-state index in [1.165, 1.54) is 24.2 Å². The van der Waals surface area contributed by atoms with Gasteiger partial charge in [0.05, 0.1) is 10.9 Å². The molecule has 2 aromatic heterocycles. The highest BCUT2D eigenvalue weighted by Crippen LogP contribution is 2.28. The van der Waals surface area contributed by atoms with E-state index in [4.69, 9.17) is 0 Å². The number of hydrogen-bond acceptors (Lipinski definition) is 4. The van der Waals surface area contributed by atoms with Crippen molar-refractivity contribution in [1.82, 2.24) is 19.0 Å². The van der Waals surface area contributed by atoms with Gasteiger partial charge in [0.25, 0.3) is 11.5 Å². The van der Waals surface area contributed by atoms with Crippen LogP contribution < -0.4 is 11.2 Å². The number of carbonyl (C=O) groups is 1. The van der Waals surface area contributed by atoms with Gasteiger partial charge in [0.15, 0.2) is 0 Å². The molecule has 1 saturated carbocycles. The molecule has 1 aliphatic carbocycles. The number of hydrogen-bond donors (Lipinski definition) is 0. The van der Waals surface area contributed by atoms with Crippen LogP contribution in [0.5, 0.6) is 0 Å². The van der Waals surface area contributed by atoms with Gasteiger partial charge in [0.2, 0.25) is 0 Å². The zero-order valence-corrected chi connectivity index (χ0v) is 15.2. The first-order valence-corrected chi connectivity index (χ1v) is 8.66. The van der Waals surface area contributed by atoms with E-state index in [2.05, 4.69) is 11.9 Å². The molecule has 0 unspecified atom stereocenters. The molecule has 3 rings (SSSR count). The number of aromatic nitrogens is 3. The number of rotatable bonds is 2. The van der Waals surface area contributed by atoms with Gasteiger partial charge in [0.1, 0.15) is 5.65 Å². The Labute approximate surface area is 145 Å². The Kier molecular flexibility index (Phi) is 4.49. The van der Waals surface area contributed by atoms with E-state index in [-0.39, 0.29) is 17.3 Å². The van der Waals surface area contributed by atoms with Crippen LogP contribution in [0.4, 0.5) is 0 Å². The quantitative estimate of drug-likeness (QED) is 0.822. The maximum atomic E-state index is 12.9. The minimum Gasteiger partial charge on any atom is -0.338 e. The molecule has 0 aliphatic heterocycles. The Morgan fingerprint density at radius 2 is 1.88 bits per heavy atom. The maximum Gasteiger partial charge on any atom is 0.332 e. The summed E-state index contributed by atoms with van der Waals surface area (Å²) in [4.78, 5) is 43.2. The molecule has 0 aromatic carbocycles. The molecule has 2 aromatic rings. The first-order valence-electron chi connectivity index (χ1n) is 8.66. The number of nitrogens with zero attached hydrogens (tertiary/aromatic N) is 4. The third kappa shape index (κ3) is 2.88. The van der Waals surface area contributed by atoms with E-state index in [9.17, 15) is 14.4 Å². The van der Waals surface area contributed by atoms with Crippen molar-refractivity contribution in [3.05, 3.63) is 38.7 Å². The van der Waals surface area contributed by atoms with Crippen LogP contribution in [-0.2, 0) is 14.1 Å². The zero-order chi connectivity index (χ0) is 18.3. The van der Waals surface area contributed by atoms with Gasteiger partial charge in [-0.2, -0.15) is 0 Å². The van der Waals surface area contributed by atoms with E-state index in [0.717, 1.165) is 23.8 Å². The largest absolute Gasteiger partial charge is 0.338 e. The minimum atomic E-state index is -0.436. The molecule has 0 bridgehead atoms. The van der Waals surface area contributed by atoms with Crippen LogP contribution in [0.15, 0.2) is 21.9 Å². The fourth-order valence-electron chi connectivity index (χ4n) is 3.81. The third-order valence-electron chi connectivity index (χ3n) is 5.42. The summed E-state index contributed by atoms with van der Waals surface area (Å²) >= 11 is 0. The van der Waals surface area contributed by atoms with E-state index < -0.39 is 11.2 Å². The lowest BCUT2D eigenvalue weighted by Crippen LogP contribution is -2.43. The van der Waals surface area contributed by atoms with Gasteiger partial charge in [-0.1, -0.05) is 19.8 Å². The van der Waals surface area contributed by atoms with Crippen molar-refractivity contribution in [1.29, 1.82) is 0 Å². The second-order valence-electron chi connectivity index (χ2n) is 7.05. The summed E-state index contributed by atoms with van der Waals surface area (Å²) in [5.41, 5.74) is -0.201. The van der Waals surface area contributed by atoms with E-state index in [1.807, 2.05) is 7.05 Å². The highest BCUT2D eigenvalue weighted by Gasteiger charge is 2.28. The fourth-order valence-corrected chi connectivity index (χ4v) is 3.81. The predicted molar refractivity (Wildman–Crippen MR) is 95.7 cm³/mol. The van der Waals surface area contributed by atoms with Crippen LogP contribution in [-0.4, -0.2) is 38.0 Å². The lowest BCUT2D eigenvalue weighted by Gasteiger charge is -2.36. The van der Waals surface area contributed by atoms with E-state index in [0.29, 0.717) is 17.1 Å². The van der Waals surface area contributed by atoms with Crippen LogP contribution in [0.1, 0.15) is 43.0 Å². The summed E-state index contributed by atoms with van der Waals surface area (Å²) in [6.45, 7) is 2.18. The number of amides is 1. The number of pyridine rings is 1. The molecule has 2 atom stereocenters. The van der Waals surface area contributed by atoms with Crippen LogP contribution in [0.25, 0.3) is 11.0 Å². The van der Waals surface area contributed by atoms with Gasteiger partial charge in [-0.15, -0.1) is 0 Å². The summed E-state index contributed by atoms with van der Waals surface area (Å²) < 4.78 is 2.35. The lowest BCUT2D eigenvalue weighted by atomic mass is 9.85. The van der Waals surface area contributed by atoms with Crippen LogP contribution >= 0.6 is 0 Å². The Morgan fingerprint density at radius 3 is 2.56 bits per heavy atom. The molecule has 1 aliphatic rings. The van der Waals surface area contributed by atoms with E-state index in [1.54, 1.807) is 18.0 Å². The topological polar surface area (TPSA) is 77.2 Å². The number of fused-ring (bicyclic) bond motifs is 1. The molecule has 7 nitrogen and oxygen atoms in total. The summed E-state index contributed by atoms with van der Waals surface area (Å²) in [5, 5.41) is 0.278. The predicted octanol–water partition coefficient (Wildman–Crippen LogP) is 1.28. The molecule has 0 radical (unpaired) electrons. The lowest BCUT2D eigenvalue weighted by molar-refractivity contribution is 0.0628. The Balaban J connectivity index is 2.03. The van der Waals surface area contributed by atoms with Crippen molar-refractivity contribution in [2.24, 2.45) is 20.0 Å². The van der Waals surface area contributed by atoms with Crippen molar-refractivity contribution in [3.8, 4) is 0 Å². The highest BCUT2D eigenvalue weighted by molar-refractivity contribution is 5.96. The normalized spacial score (nSPS) is 20.6. The second kappa shape index (κ2) is 6.46. The van der Waals surface area contributed by atoms with Gasteiger partial charge >= 0.3 is 5.69 Å². The zero-order valence-electron chi connectivity index (χ0n) is 15.2. The SMILES string of the molecule is C[C@@H]1CCCC[C@@H]1N(C)C(=O)c1cnc2c(c1)c(=O)n(C)c(=O)n2C. The van der Waals surface area contributed by atoms with Gasteiger partial charge in [-0.3, -0.25) is 18.7 Å². The minimum absolute atomic E-state index is 0.135. The van der Waals surface area contributed by atoms with Gasteiger partial charge in [-0.25, -0.2) is 9.78 Å².